The largest absolute Gasteiger partial charge is 0.486 e. The fraction of sp³-hybridized carbons (Fsp3) is 0.588. The molecule has 26 heavy (non-hydrogen) atoms. The van der Waals surface area contributed by atoms with E-state index < -0.39 is 4.92 Å². The first-order valence-electron chi connectivity index (χ1n) is 8.49. The van der Waals surface area contributed by atoms with Gasteiger partial charge in [0.25, 0.3) is 0 Å². The number of piperidine rings is 1. The molecule has 1 amide bonds. The van der Waals surface area contributed by atoms with Crippen molar-refractivity contribution < 1.29 is 19.2 Å². The number of nitrogens with zero attached hydrogens (tertiary/aromatic N) is 1. The molecule has 1 fully saturated rings. The van der Waals surface area contributed by atoms with Crippen LogP contribution < -0.4 is 15.4 Å². The third kappa shape index (κ3) is 5.82. The van der Waals surface area contributed by atoms with Gasteiger partial charge in [-0.15, -0.1) is 0 Å². The molecule has 1 aromatic rings. The number of nitrogens with one attached hydrogen (secondary N) is 2. The standard InChI is InChI=1S/C17H24ClN3O5/c1-25-12-17(5-7-19-8-6-17)11-20-16(22)4-9-26-15-3-2-13(18)10-14(15)21(23)24/h2-3,10,19H,4-9,11-12H2,1H3,(H,20,22). The third-order valence-corrected chi connectivity index (χ3v) is 4.71. The van der Waals surface area contributed by atoms with Crippen molar-refractivity contribution in [1.29, 1.82) is 0 Å². The van der Waals surface area contributed by atoms with Gasteiger partial charge < -0.3 is 20.1 Å². The topological polar surface area (TPSA) is 103 Å². The first kappa shape index (κ1) is 20.4. The van der Waals surface area contributed by atoms with E-state index in [2.05, 4.69) is 10.6 Å². The van der Waals surface area contributed by atoms with Crippen molar-refractivity contribution >= 4 is 23.2 Å². The molecule has 0 aliphatic carbocycles. The minimum atomic E-state index is -0.563. The van der Waals surface area contributed by atoms with E-state index in [0.717, 1.165) is 25.9 Å². The number of rotatable bonds is 9. The number of halogens is 1. The van der Waals surface area contributed by atoms with Crippen molar-refractivity contribution in [2.24, 2.45) is 5.41 Å². The molecular weight excluding hydrogens is 362 g/mol. The molecule has 0 radical (unpaired) electrons. The fourth-order valence-corrected chi connectivity index (χ4v) is 3.19. The summed E-state index contributed by atoms with van der Waals surface area (Å²) >= 11 is 5.76. The minimum Gasteiger partial charge on any atom is -0.486 e. The zero-order chi connectivity index (χ0) is 19.0. The van der Waals surface area contributed by atoms with Gasteiger partial charge in [0, 0.05) is 30.2 Å². The summed E-state index contributed by atoms with van der Waals surface area (Å²) < 4.78 is 10.7. The highest BCUT2D eigenvalue weighted by molar-refractivity contribution is 6.30. The van der Waals surface area contributed by atoms with Crippen molar-refractivity contribution in [3.63, 3.8) is 0 Å². The van der Waals surface area contributed by atoms with Gasteiger partial charge in [0.1, 0.15) is 0 Å². The summed E-state index contributed by atoms with van der Waals surface area (Å²) in [6.07, 6.45) is 1.99. The van der Waals surface area contributed by atoms with Crippen LogP contribution >= 0.6 is 11.6 Å². The maximum absolute atomic E-state index is 12.1. The van der Waals surface area contributed by atoms with Gasteiger partial charge in [-0.05, 0) is 38.1 Å². The Bertz CT molecular complexity index is 629. The number of methoxy groups -OCH3 is 1. The SMILES string of the molecule is COCC1(CNC(=O)CCOc2ccc(Cl)cc2[N+](=O)[O-])CCNCC1. The fourth-order valence-electron chi connectivity index (χ4n) is 3.02. The molecule has 144 valence electrons. The summed E-state index contributed by atoms with van der Waals surface area (Å²) in [6.45, 7) is 3.00. The molecular formula is C17H24ClN3O5. The third-order valence-electron chi connectivity index (χ3n) is 4.48. The summed E-state index contributed by atoms with van der Waals surface area (Å²) in [5, 5.41) is 17.5. The number of nitro benzene ring substituents is 1. The molecule has 0 aromatic heterocycles. The zero-order valence-electron chi connectivity index (χ0n) is 14.8. The molecule has 2 N–H and O–H groups in total. The van der Waals surface area contributed by atoms with Crippen LogP contribution in [0.5, 0.6) is 5.75 Å². The zero-order valence-corrected chi connectivity index (χ0v) is 15.5. The molecule has 0 saturated carbocycles. The molecule has 8 nitrogen and oxygen atoms in total. The highest BCUT2D eigenvalue weighted by atomic mass is 35.5. The van der Waals surface area contributed by atoms with Crippen molar-refractivity contribution in [3.8, 4) is 5.75 Å². The number of carbonyl (C=O) groups excluding carboxylic acids is 1. The molecule has 0 spiro atoms. The van der Waals surface area contributed by atoms with E-state index in [1.54, 1.807) is 7.11 Å². The second-order valence-electron chi connectivity index (χ2n) is 6.43. The lowest BCUT2D eigenvalue weighted by Crippen LogP contribution is -2.47. The summed E-state index contributed by atoms with van der Waals surface area (Å²) in [5.74, 6) is -0.0583. The average Bonchev–Trinajstić information content (AvgIpc) is 2.62. The van der Waals surface area contributed by atoms with E-state index >= 15 is 0 Å². The molecule has 0 unspecified atom stereocenters. The van der Waals surface area contributed by atoms with Gasteiger partial charge in [-0.25, -0.2) is 0 Å². The van der Waals surface area contributed by atoms with E-state index in [9.17, 15) is 14.9 Å². The lowest BCUT2D eigenvalue weighted by atomic mass is 9.79. The van der Waals surface area contributed by atoms with E-state index in [4.69, 9.17) is 21.1 Å². The van der Waals surface area contributed by atoms with Crippen LogP contribution in [0.3, 0.4) is 0 Å². The quantitative estimate of drug-likeness (QED) is 0.498. The molecule has 1 aromatic carbocycles. The molecule has 0 atom stereocenters. The maximum Gasteiger partial charge on any atom is 0.312 e. The Morgan fingerprint density at radius 2 is 2.15 bits per heavy atom. The summed E-state index contributed by atoms with van der Waals surface area (Å²) in [6, 6.07) is 4.17. The van der Waals surface area contributed by atoms with Crippen LogP contribution in [0.1, 0.15) is 19.3 Å². The summed E-state index contributed by atoms with van der Waals surface area (Å²) in [7, 11) is 1.67. The predicted octanol–water partition coefficient (Wildman–Crippen LogP) is 2.15. The lowest BCUT2D eigenvalue weighted by Gasteiger charge is -2.37. The van der Waals surface area contributed by atoms with Gasteiger partial charge in [0.15, 0.2) is 5.75 Å². The minimum absolute atomic E-state index is 0.0487. The molecule has 9 heteroatoms. The van der Waals surface area contributed by atoms with E-state index in [-0.39, 0.29) is 40.8 Å². The Kier molecular flexibility index (Phi) is 7.62. The van der Waals surface area contributed by atoms with E-state index in [1.807, 2.05) is 0 Å². The Morgan fingerprint density at radius 1 is 1.42 bits per heavy atom. The molecule has 1 saturated heterocycles. The van der Waals surface area contributed by atoms with Crippen LogP contribution in [-0.4, -0.2) is 50.8 Å². The molecule has 1 aliphatic heterocycles. The smallest absolute Gasteiger partial charge is 0.312 e. The van der Waals surface area contributed by atoms with Gasteiger partial charge in [-0.2, -0.15) is 0 Å². The van der Waals surface area contributed by atoms with Gasteiger partial charge in [0.2, 0.25) is 5.91 Å². The highest BCUT2D eigenvalue weighted by Crippen LogP contribution is 2.30. The number of nitro groups is 1. The Hall–Kier alpha value is -1.90. The van der Waals surface area contributed by atoms with Gasteiger partial charge in [0.05, 0.1) is 24.6 Å². The number of hydrogen-bond acceptors (Lipinski definition) is 6. The van der Waals surface area contributed by atoms with Crippen molar-refractivity contribution in [1.82, 2.24) is 10.6 Å². The van der Waals surface area contributed by atoms with Crippen molar-refractivity contribution in [2.75, 3.05) is 40.0 Å². The van der Waals surface area contributed by atoms with Crippen LogP contribution in [0.4, 0.5) is 5.69 Å². The van der Waals surface area contributed by atoms with Gasteiger partial charge in [-0.1, -0.05) is 11.6 Å². The number of amides is 1. The van der Waals surface area contributed by atoms with E-state index in [0.29, 0.717) is 13.2 Å². The average molecular weight is 386 g/mol. The van der Waals surface area contributed by atoms with E-state index in [1.165, 1.54) is 18.2 Å². The Balaban J connectivity index is 1.81. The summed E-state index contributed by atoms with van der Waals surface area (Å²) in [5.41, 5.74) is -0.266. The number of ether oxygens (including phenoxy) is 2. The Morgan fingerprint density at radius 3 is 2.81 bits per heavy atom. The normalized spacial score (nSPS) is 16.1. The maximum atomic E-state index is 12.1. The monoisotopic (exact) mass is 385 g/mol. The number of carbonyl (C=O) groups is 1. The van der Waals surface area contributed by atoms with Crippen LogP contribution in [0, 0.1) is 15.5 Å². The predicted molar refractivity (Wildman–Crippen MR) is 97.6 cm³/mol. The van der Waals surface area contributed by atoms with Crippen LogP contribution in [0.25, 0.3) is 0 Å². The van der Waals surface area contributed by atoms with Crippen molar-refractivity contribution in [2.45, 2.75) is 19.3 Å². The molecule has 1 aliphatic rings. The number of benzene rings is 1. The molecule has 2 rings (SSSR count). The summed E-state index contributed by atoms with van der Waals surface area (Å²) in [4.78, 5) is 22.5. The van der Waals surface area contributed by atoms with Crippen LogP contribution in [0.2, 0.25) is 5.02 Å². The van der Waals surface area contributed by atoms with Crippen molar-refractivity contribution in [3.05, 3.63) is 33.3 Å². The van der Waals surface area contributed by atoms with Crippen LogP contribution in [-0.2, 0) is 9.53 Å². The molecule has 0 bridgehead atoms. The Labute approximate surface area is 157 Å². The molecule has 1 heterocycles. The lowest BCUT2D eigenvalue weighted by molar-refractivity contribution is -0.385. The number of hydrogen-bond donors (Lipinski definition) is 2. The van der Waals surface area contributed by atoms with Gasteiger partial charge >= 0.3 is 5.69 Å². The first-order valence-corrected chi connectivity index (χ1v) is 8.87. The first-order chi connectivity index (χ1) is 12.5. The second kappa shape index (κ2) is 9.70. The highest BCUT2D eigenvalue weighted by Gasteiger charge is 2.32. The van der Waals surface area contributed by atoms with Crippen LogP contribution in [0.15, 0.2) is 18.2 Å². The second-order valence-corrected chi connectivity index (χ2v) is 6.86. The van der Waals surface area contributed by atoms with Gasteiger partial charge in [-0.3, -0.25) is 14.9 Å².